The zero-order chi connectivity index (χ0) is 19.1. The molecule has 0 radical (unpaired) electrons. The standard InChI is InChI=1S/C23H23N3O/c1-2-17-12-13-20(24)19(14-17)23(15-18-8-4-3-5-9-18)26-22-11-7-6-10-21(22)25-16-27/h3-14,16H,2,15,24H2,1H3,(H,25,27). The van der Waals surface area contributed by atoms with Gasteiger partial charge in [0.05, 0.1) is 17.1 Å². The number of nitrogens with two attached hydrogens (primary N) is 1. The van der Waals surface area contributed by atoms with Gasteiger partial charge in [0.25, 0.3) is 0 Å². The van der Waals surface area contributed by atoms with E-state index in [0.717, 1.165) is 23.3 Å². The molecule has 4 nitrogen and oxygen atoms in total. The topological polar surface area (TPSA) is 67.5 Å². The summed E-state index contributed by atoms with van der Waals surface area (Å²) in [5, 5.41) is 2.72. The fraction of sp³-hybridized carbons (Fsp3) is 0.130. The first kappa shape index (κ1) is 18.4. The average Bonchev–Trinajstić information content (AvgIpc) is 2.70. The average molecular weight is 357 g/mol. The Labute approximate surface area is 159 Å². The molecule has 0 aliphatic carbocycles. The van der Waals surface area contributed by atoms with Gasteiger partial charge in [0.15, 0.2) is 0 Å². The van der Waals surface area contributed by atoms with Crippen molar-refractivity contribution in [1.29, 1.82) is 0 Å². The molecule has 136 valence electrons. The molecule has 3 N–H and O–H groups in total. The van der Waals surface area contributed by atoms with Crippen molar-refractivity contribution < 1.29 is 4.79 Å². The second kappa shape index (κ2) is 8.81. The van der Waals surface area contributed by atoms with Gasteiger partial charge in [-0.2, -0.15) is 0 Å². The normalized spacial score (nSPS) is 11.2. The summed E-state index contributed by atoms with van der Waals surface area (Å²) in [6.07, 6.45) is 2.24. The number of hydrogen-bond acceptors (Lipinski definition) is 3. The maximum atomic E-state index is 10.9. The van der Waals surface area contributed by atoms with Crippen LogP contribution in [0.15, 0.2) is 77.8 Å². The van der Waals surface area contributed by atoms with Gasteiger partial charge >= 0.3 is 0 Å². The minimum absolute atomic E-state index is 0.646. The zero-order valence-corrected chi connectivity index (χ0v) is 15.4. The Bertz CT molecular complexity index is 949. The van der Waals surface area contributed by atoms with Gasteiger partial charge in [-0.05, 0) is 41.8 Å². The van der Waals surface area contributed by atoms with Gasteiger partial charge in [0, 0.05) is 17.7 Å². The molecule has 0 heterocycles. The molecule has 0 unspecified atom stereocenters. The molecule has 3 aromatic rings. The van der Waals surface area contributed by atoms with Crippen molar-refractivity contribution in [2.75, 3.05) is 11.1 Å². The van der Waals surface area contributed by atoms with Crippen molar-refractivity contribution in [3.63, 3.8) is 0 Å². The Hall–Kier alpha value is -3.40. The predicted molar refractivity (Wildman–Crippen MR) is 113 cm³/mol. The Morgan fingerprint density at radius 3 is 2.48 bits per heavy atom. The molecular formula is C23H23N3O. The van der Waals surface area contributed by atoms with E-state index in [0.29, 0.717) is 29.9 Å². The molecule has 3 rings (SSSR count). The van der Waals surface area contributed by atoms with E-state index in [1.807, 2.05) is 54.6 Å². The lowest BCUT2D eigenvalue weighted by Crippen LogP contribution is -2.09. The van der Waals surface area contributed by atoms with Gasteiger partial charge in [0.2, 0.25) is 6.41 Å². The number of nitrogen functional groups attached to an aromatic ring is 1. The van der Waals surface area contributed by atoms with Crippen LogP contribution in [0.5, 0.6) is 0 Å². The van der Waals surface area contributed by atoms with E-state index in [4.69, 9.17) is 10.7 Å². The number of carbonyl (C=O) groups excluding carboxylic acids is 1. The second-order valence-electron chi connectivity index (χ2n) is 6.28. The summed E-state index contributed by atoms with van der Waals surface area (Å²) >= 11 is 0. The molecule has 0 fully saturated rings. The third-order valence-electron chi connectivity index (χ3n) is 4.43. The smallest absolute Gasteiger partial charge is 0.211 e. The van der Waals surface area contributed by atoms with Crippen LogP contribution in [0.4, 0.5) is 17.1 Å². The maximum Gasteiger partial charge on any atom is 0.211 e. The lowest BCUT2D eigenvalue weighted by Gasteiger charge is -2.13. The Morgan fingerprint density at radius 2 is 1.74 bits per heavy atom. The minimum atomic E-state index is 0.646. The first-order valence-electron chi connectivity index (χ1n) is 9.00. The number of amides is 1. The monoisotopic (exact) mass is 357 g/mol. The summed E-state index contributed by atoms with van der Waals surface area (Å²) in [5.74, 6) is 0. The van der Waals surface area contributed by atoms with Crippen LogP contribution < -0.4 is 11.1 Å². The van der Waals surface area contributed by atoms with Crippen LogP contribution in [-0.4, -0.2) is 12.1 Å². The van der Waals surface area contributed by atoms with Crippen molar-refractivity contribution >= 4 is 29.2 Å². The van der Waals surface area contributed by atoms with Crippen molar-refractivity contribution in [3.05, 3.63) is 89.5 Å². The first-order valence-corrected chi connectivity index (χ1v) is 9.00. The van der Waals surface area contributed by atoms with Gasteiger partial charge < -0.3 is 11.1 Å². The van der Waals surface area contributed by atoms with E-state index in [9.17, 15) is 4.79 Å². The molecule has 27 heavy (non-hydrogen) atoms. The second-order valence-corrected chi connectivity index (χ2v) is 6.28. The number of nitrogens with zero attached hydrogens (tertiary/aromatic N) is 1. The number of para-hydroxylation sites is 2. The third-order valence-corrected chi connectivity index (χ3v) is 4.43. The zero-order valence-electron chi connectivity index (χ0n) is 15.4. The molecule has 0 aliphatic heterocycles. The summed E-state index contributed by atoms with van der Waals surface area (Å²) in [6.45, 7) is 2.12. The van der Waals surface area contributed by atoms with E-state index in [1.165, 1.54) is 5.56 Å². The maximum absolute atomic E-state index is 10.9. The lowest BCUT2D eigenvalue weighted by molar-refractivity contribution is -0.105. The molecule has 0 atom stereocenters. The van der Waals surface area contributed by atoms with Crippen molar-refractivity contribution in [2.45, 2.75) is 19.8 Å². The van der Waals surface area contributed by atoms with E-state index < -0.39 is 0 Å². The van der Waals surface area contributed by atoms with Gasteiger partial charge in [-0.3, -0.25) is 9.79 Å². The van der Waals surface area contributed by atoms with Crippen LogP contribution in [-0.2, 0) is 17.6 Å². The van der Waals surface area contributed by atoms with Gasteiger partial charge in [-0.25, -0.2) is 0 Å². The molecule has 0 bridgehead atoms. The molecule has 0 spiro atoms. The Balaban J connectivity index is 2.12. The summed E-state index contributed by atoms with van der Waals surface area (Å²) in [7, 11) is 0. The SMILES string of the molecule is CCc1ccc(N)c(C(Cc2ccccc2)=Nc2ccccc2NC=O)c1. The molecule has 0 saturated heterocycles. The van der Waals surface area contributed by atoms with E-state index in [1.54, 1.807) is 0 Å². The molecule has 4 heteroatoms. The van der Waals surface area contributed by atoms with Gasteiger partial charge in [-0.15, -0.1) is 0 Å². The molecule has 1 amide bonds. The van der Waals surface area contributed by atoms with Crippen molar-refractivity contribution in [1.82, 2.24) is 0 Å². The number of hydrogen-bond donors (Lipinski definition) is 2. The van der Waals surface area contributed by atoms with Crippen molar-refractivity contribution in [2.24, 2.45) is 4.99 Å². The highest BCUT2D eigenvalue weighted by Gasteiger charge is 2.11. The van der Waals surface area contributed by atoms with Gasteiger partial charge in [-0.1, -0.05) is 55.5 Å². The van der Waals surface area contributed by atoms with E-state index >= 15 is 0 Å². The van der Waals surface area contributed by atoms with Crippen molar-refractivity contribution in [3.8, 4) is 0 Å². The number of aryl methyl sites for hydroxylation is 1. The highest BCUT2D eigenvalue weighted by Crippen LogP contribution is 2.27. The Kier molecular flexibility index (Phi) is 6.00. The molecule has 3 aromatic carbocycles. The summed E-state index contributed by atoms with van der Waals surface area (Å²) in [5.41, 5.74) is 12.5. The molecular weight excluding hydrogens is 334 g/mol. The largest absolute Gasteiger partial charge is 0.398 e. The fourth-order valence-corrected chi connectivity index (χ4v) is 2.96. The number of anilines is 2. The molecule has 0 saturated carbocycles. The lowest BCUT2D eigenvalue weighted by atomic mass is 9.98. The van der Waals surface area contributed by atoms with E-state index in [-0.39, 0.29) is 0 Å². The molecule has 0 aromatic heterocycles. The summed E-state index contributed by atoms with van der Waals surface area (Å²) in [6, 6.07) is 23.7. The summed E-state index contributed by atoms with van der Waals surface area (Å²) in [4.78, 5) is 15.8. The number of nitrogens with one attached hydrogen (secondary N) is 1. The quantitative estimate of drug-likeness (QED) is 0.363. The van der Waals surface area contributed by atoms with Crippen LogP contribution in [0.25, 0.3) is 0 Å². The first-order chi connectivity index (χ1) is 13.2. The number of aliphatic imine (C=N–C) groups is 1. The Morgan fingerprint density at radius 1 is 1.00 bits per heavy atom. The van der Waals surface area contributed by atoms with Crippen LogP contribution in [0.3, 0.4) is 0 Å². The molecule has 0 aliphatic rings. The minimum Gasteiger partial charge on any atom is -0.398 e. The van der Waals surface area contributed by atoms with Crippen LogP contribution in [0.2, 0.25) is 0 Å². The highest BCUT2D eigenvalue weighted by atomic mass is 16.1. The van der Waals surface area contributed by atoms with Crippen LogP contribution in [0, 0.1) is 0 Å². The fourth-order valence-electron chi connectivity index (χ4n) is 2.96. The predicted octanol–water partition coefficient (Wildman–Crippen LogP) is 4.76. The van der Waals surface area contributed by atoms with Crippen LogP contribution >= 0.6 is 0 Å². The third kappa shape index (κ3) is 4.61. The number of rotatable bonds is 7. The highest BCUT2D eigenvalue weighted by molar-refractivity contribution is 6.07. The number of benzene rings is 3. The van der Waals surface area contributed by atoms with Crippen LogP contribution in [0.1, 0.15) is 23.6 Å². The number of carbonyl (C=O) groups is 1. The van der Waals surface area contributed by atoms with Gasteiger partial charge in [0.1, 0.15) is 0 Å². The van der Waals surface area contributed by atoms with E-state index in [2.05, 4.69) is 30.4 Å². The summed E-state index contributed by atoms with van der Waals surface area (Å²) < 4.78 is 0.